The number of rotatable bonds is 4. The number of benzene rings is 1. The van der Waals surface area contributed by atoms with Gasteiger partial charge in [0, 0.05) is 37.5 Å². The largest absolute Gasteiger partial charge is 0.507 e. The van der Waals surface area contributed by atoms with Crippen molar-refractivity contribution in [2.45, 2.75) is 6.04 Å². The van der Waals surface area contributed by atoms with Gasteiger partial charge in [-0.05, 0) is 23.8 Å². The average Bonchev–Trinajstić information content (AvgIpc) is 3.29. The molecule has 4 heterocycles. The van der Waals surface area contributed by atoms with Gasteiger partial charge in [0.1, 0.15) is 5.75 Å². The van der Waals surface area contributed by atoms with Gasteiger partial charge < -0.3 is 15.3 Å². The summed E-state index contributed by atoms with van der Waals surface area (Å²) in [6.45, 7) is 1.94. The van der Waals surface area contributed by atoms with Crippen LogP contribution >= 0.6 is 36.2 Å². The van der Waals surface area contributed by atoms with Crippen molar-refractivity contribution in [2.75, 3.05) is 25.0 Å². The molecule has 3 aromatic heterocycles. The second kappa shape index (κ2) is 8.50. The number of fused-ring (bicyclic) bond motifs is 1. The zero-order valence-electron chi connectivity index (χ0n) is 15.4. The topological polar surface area (TPSA) is 103 Å². The van der Waals surface area contributed by atoms with Crippen LogP contribution < -0.4 is 10.2 Å². The Bertz CT molecular complexity index is 1110. The highest BCUT2D eigenvalue weighted by molar-refractivity contribution is 7.22. The van der Waals surface area contributed by atoms with Gasteiger partial charge in [-0.2, -0.15) is 10.1 Å². The third-order valence-corrected chi connectivity index (χ3v) is 5.94. The van der Waals surface area contributed by atoms with Crippen molar-refractivity contribution in [3.8, 4) is 28.1 Å². The Morgan fingerprint density at radius 2 is 1.97 bits per heavy atom. The Labute approximate surface area is 183 Å². The van der Waals surface area contributed by atoms with E-state index in [1.807, 2.05) is 18.2 Å². The molecule has 4 aromatic rings. The standard InChI is InChI=1S/C18H17N7OS.2ClH/c1-25(12-8-19-9-12)18-22-17-16(27-18)5-14(23-24-17)13-3-2-10(4-15(13)26)11-6-20-21-7-11;;/h2-7,12,19,26H,8-9H2,1H3,(H,20,21);2*1H. The number of aromatic nitrogens is 5. The van der Waals surface area contributed by atoms with E-state index in [-0.39, 0.29) is 30.6 Å². The summed E-state index contributed by atoms with van der Waals surface area (Å²) >= 11 is 1.59. The lowest BCUT2D eigenvalue weighted by molar-refractivity contribution is 0.428. The lowest BCUT2D eigenvalue weighted by Gasteiger charge is -2.35. The van der Waals surface area contributed by atoms with Crippen LogP contribution in [0.15, 0.2) is 36.7 Å². The van der Waals surface area contributed by atoms with Crippen molar-refractivity contribution >= 4 is 51.6 Å². The summed E-state index contributed by atoms with van der Waals surface area (Å²) < 4.78 is 0.951. The molecule has 1 aliphatic heterocycles. The van der Waals surface area contributed by atoms with Gasteiger partial charge in [0.2, 0.25) is 0 Å². The van der Waals surface area contributed by atoms with Gasteiger partial charge in [0.15, 0.2) is 10.8 Å². The molecule has 1 aromatic carbocycles. The van der Waals surface area contributed by atoms with Crippen LogP contribution in [0.4, 0.5) is 5.13 Å². The van der Waals surface area contributed by atoms with E-state index in [0.29, 0.717) is 22.9 Å². The zero-order valence-corrected chi connectivity index (χ0v) is 17.8. The molecule has 1 fully saturated rings. The second-order valence-electron chi connectivity index (χ2n) is 6.56. The van der Waals surface area contributed by atoms with Crippen molar-refractivity contribution in [1.29, 1.82) is 0 Å². The number of aromatic hydroxyl groups is 1. The third kappa shape index (κ3) is 3.86. The smallest absolute Gasteiger partial charge is 0.194 e. The van der Waals surface area contributed by atoms with E-state index >= 15 is 0 Å². The predicted molar refractivity (Wildman–Crippen MR) is 119 cm³/mol. The quantitative estimate of drug-likeness (QED) is 0.437. The van der Waals surface area contributed by atoms with Gasteiger partial charge in [-0.15, -0.1) is 35.0 Å². The molecular formula is C18H19Cl2N7OS. The molecule has 3 N–H and O–H groups in total. The highest BCUT2D eigenvalue weighted by atomic mass is 35.5. The molecule has 1 aliphatic rings. The molecular weight excluding hydrogens is 433 g/mol. The van der Waals surface area contributed by atoms with Crippen molar-refractivity contribution in [1.82, 2.24) is 30.7 Å². The van der Waals surface area contributed by atoms with Gasteiger partial charge in [0.05, 0.1) is 22.6 Å². The minimum atomic E-state index is 0. The lowest BCUT2D eigenvalue weighted by Crippen LogP contribution is -2.56. The van der Waals surface area contributed by atoms with Crippen LogP contribution in [-0.4, -0.2) is 56.7 Å². The zero-order chi connectivity index (χ0) is 18.4. The molecule has 0 bridgehead atoms. The number of anilines is 1. The molecule has 0 unspecified atom stereocenters. The minimum Gasteiger partial charge on any atom is -0.507 e. The molecule has 0 aliphatic carbocycles. The van der Waals surface area contributed by atoms with Gasteiger partial charge >= 0.3 is 0 Å². The third-order valence-electron chi connectivity index (χ3n) is 4.86. The molecule has 0 radical (unpaired) electrons. The molecule has 8 nitrogen and oxygen atoms in total. The molecule has 0 amide bonds. The fourth-order valence-corrected chi connectivity index (χ4v) is 4.03. The lowest BCUT2D eigenvalue weighted by atomic mass is 10.0. The summed E-state index contributed by atoms with van der Waals surface area (Å²) in [7, 11) is 2.05. The number of phenols is 1. The first-order valence-electron chi connectivity index (χ1n) is 8.59. The molecule has 11 heteroatoms. The van der Waals surface area contributed by atoms with Crippen LogP contribution in [0.2, 0.25) is 0 Å². The number of aromatic amines is 1. The Hall–Kier alpha value is -2.46. The van der Waals surface area contributed by atoms with Crippen LogP contribution in [0, 0.1) is 0 Å². The van der Waals surface area contributed by atoms with E-state index in [4.69, 9.17) is 0 Å². The monoisotopic (exact) mass is 451 g/mol. The number of phenolic OH excluding ortho intramolecular Hbond substituents is 1. The Kier molecular flexibility index (Phi) is 6.23. The molecule has 1 saturated heterocycles. The number of hydrogen-bond acceptors (Lipinski definition) is 8. The highest BCUT2D eigenvalue weighted by Gasteiger charge is 2.24. The maximum Gasteiger partial charge on any atom is 0.194 e. The average molecular weight is 452 g/mol. The number of thiazole rings is 1. The van der Waals surface area contributed by atoms with Gasteiger partial charge in [-0.25, -0.2) is 0 Å². The minimum absolute atomic E-state index is 0. The van der Waals surface area contributed by atoms with Crippen LogP contribution in [0.5, 0.6) is 5.75 Å². The number of H-pyrrole nitrogens is 1. The van der Waals surface area contributed by atoms with E-state index in [1.54, 1.807) is 29.8 Å². The molecule has 0 spiro atoms. The fourth-order valence-electron chi connectivity index (χ4n) is 3.05. The highest BCUT2D eigenvalue weighted by Crippen LogP contribution is 2.35. The van der Waals surface area contributed by atoms with E-state index in [2.05, 4.69) is 42.6 Å². The fraction of sp³-hybridized carbons (Fsp3) is 0.222. The number of nitrogens with one attached hydrogen (secondary N) is 2. The van der Waals surface area contributed by atoms with Crippen molar-refractivity contribution < 1.29 is 5.11 Å². The Morgan fingerprint density at radius 3 is 2.62 bits per heavy atom. The first-order chi connectivity index (χ1) is 13.2. The van der Waals surface area contributed by atoms with E-state index in [0.717, 1.165) is 34.0 Å². The predicted octanol–water partition coefficient (Wildman–Crippen LogP) is 3.10. The van der Waals surface area contributed by atoms with E-state index in [9.17, 15) is 5.11 Å². The van der Waals surface area contributed by atoms with Crippen LogP contribution in [0.1, 0.15) is 0 Å². The molecule has 29 heavy (non-hydrogen) atoms. The maximum atomic E-state index is 10.5. The maximum absolute atomic E-state index is 10.5. The van der Waals surface area contributed by atoms with Crippen LogP contribution in [-0.2, 0) is 0 Å². The first kappa shape index (κ1) is 21.3. The molecule has 0 atom stereocenters. The van der Waals surface area contributed by atoms with E-state index in [1.165, 1.54) is 0 Å². The summed E-state index contributed by atoms with van der Waals surface area (Å²) in [6.07, 6.45) is 3.50. The van der Waals surface area contributed by atoms with Gasteiger partial charge in [0.25, 0.3) is 0 Å². The van der Waals surface area contributed by atoms with E-state index < -0.39 is 0 Å². The SMILES string of the molecule is CN(c1nc2nnc(-c3ccc(-c4cn[nH]c4)cc3O)cc2s1)C1CNC1.Cl.Cl. The summed E-state index contributed by atoms with van der Waals surface area (Å²) in [6, 6.07) is 7.89. The summed E-state index contributed by atoms with van der Waals surface area (Å²) in [5.74, 6) is 0.157. The van der Waals surface area contributed by atoms with Gasteiger partial charge in [-0.3, -0.25) is 5.10 Å². The number of nitrogens with zero attached hydrogens (tertiary/aromatic N) is 5. The number of halogens is 2. The number of likely N-dealkylation sites (N-methyl/N-ethyl adjacent to an activating group) is 1. The van der Waals surface area contributed by atoms with Crippen LogP contribution in [0.3, 0.4) is 0 Å². The Morgan fingerprint density at radius 1 is 1.14 bits per heavy atom. The Balaban J connectivity index is 0.00000120. The normalized spacial score (nSPS) is 13.4. The van der Waals surface area contributed by atoms with Crippen molar-refractivity contribution in [3.05, 3.63) is 36.7 Å². The van der Waals surface area contributed by atoms with Crippen molar-refractivity contribution in [3.63, 3.8) is 0 Å². The summed E-state index contributed by atoms with van der Waals surface area (Å²) in [4.78, 5) is 6.77. The molecule has 5 rings (SSSR count). The number of hydrogen-bond donors (Lipinski definition) is 3. The molecule has 152 valence electrons. The second-order valence-corrected chi connectivity index (χ2v) is 7.56. The molecule has 0 saturated carbocycles. The van der Waals surface area contributed by atoms with Crippen molar-refractivity contribution in [2.24, 2.45) is 0 Å². The van der Waals surface area contributed by atoms with Crippen LogP contribution in [0.25, 0.3) is 32.7 Å². The summed E-state index contributed by atoms with van der Waals surface area (Å²) in [5, 5.41) is 29.9. The van der Waals surface area contributed by atoms with Gasteiger partial charge in [-0.1, -0.05) is 17.4 Å². The summed E-state index contributed by atoms with van der Waals surface area (Å²) in [5.41, 5.74) is 3.70. The first-order valence-corrected chi connectivity index (χ1v) is 9.41.